The first-order chi connectivity index (χ1) is 6.09. The van der Waals surface area contributed by atoms with Gasteiger partial charge < -0.3 is 5.73 Å². The van der Waals surface area contributed by atoms with Gasteiger partial charge in [-0.15, -0.1) is 0 Å². The highest BCUT2D eigenvalue weighted by Crippen LogP contribution is 2.11. The number of benzene rings is 1. The zero-order chi connectivity index (χ0) is 9.84. The van der Waals surface area contributed by atoms with Gasteiger partial charge in [0.15, 0.2) is 16.7 Å². The molecular weight excluding hydrogens is 196 g/mol. The molecule has 1 rings (SSSR count). The van der Waals surface area contributed by atoms with Gasteiger partial charge >= 0.3 is 0 Å². The Kier molecular flexibility index (Phi) is 2.97. The van der Waals surface area contributed by atoms with Crippen molar-refractivity contribution in [3.05, 3.63) is 29.8 Å². The number of anilines is 1. The Morgan fingerprint density at radius 1 is 1.31 bits per heavy atom. The Morgan fingerprint density at radius 2 is 2.00 bits per heavy atom. The van der Waals surface area contributed by atoms with Gasteiger partial charge in [-0.2, -0.15) is 0 Å². The average Bonchev–Trinajstić information content (AvgIpc) is 2.07. The number of hydrazine groups is 1. The molecule has 0 fully saturated rings. The molecule has 0 spiro atoms. The summed E-state index contributed by atoms with van der Waals surface area (Å²) in [6, 6.07) is 3.34. The summed E-state index contributed by atoms with van der Waals surface area (Å²) in [4.78, 5) is 0. The molecule has 1 aromatic rings. The van der Waals surface area contributed by atoms with E-state index in [9.17, 15) is 8.78 Å². The number of hydrogen-bond donors (Lipinski definition) is 3. The van der Waals surface area contributed by atoms with Gasteiger partial charge in [-0.1, -0.05) is 0 Å². The highest BCUT2D eigenvalue weighted by atomic mass is 32.1. The highest BCUT2D eigenvalue weighted by Gasteiger charge is 2.01. The van der Waals surface area contributed by atoms with Gasteiger partial charge in [0.05, 0.1) is 5.69 Å². The molecule has 70 valence electrons. The van der Waals surface area contributed by atoms with E-state index in [1.165, 1.54) is 6.07 Å². The van der Waals surface area contributed by atoms with Crippen molar-refractivity contribution in [2.24, 2.45) is 5.73 Å². The molecule has 3 nitrogen and oxygen atoms in total. The van der Waals surface area contributed by atoms with Crippen LogP contribution in [0.15, 0.2) is 18.2 Å². The van der Waals surface area contributed by atoms with Crippen molar-refractivity contribution in [1.82, 2.24) is 5.43 Å². The van der Waals surface area contributed by atoms with Gasteiger partial charge in [-0.05, 0) is 24.4 Å². The summed E-state index contributed by atoms with van der Waals surface area (Å²) in [5, 5.41) is 0.0183. The summed E-state index contributed by atoms with van der Waals surface area (Å²) in [6.45, 7) is 0. The predicted molar refractivity (Wildman–Crippen MR) is 49.9 cm³/mol. The first kappa shape index (κ1) is 9.66. The second kappa shape index (κ2) is 3.99. The van der Waals surface area contributed by atoms with Gasteiger partial charge in [0.2, 0.25) is 0 Å². The van der Waals surface area contributed by atoms with Gasteiger partial charge in [-0.3, -0.25) is 10.9 Å². The van der Waals surface area contributed by atoms with E-state index in [2.05, 4.69) is 23.1 Å². The summed E-state index contributed by atoms with van der Waals surface area (Å²) in [5.41, 5.74) is 10.3. The van der Waals surface area contributed by atoms with Crippen LogP contribution in [0.1, 0.15) is 0 Å². The minimum atomic E-state index is -0.935. The highest BCUT2D eigenvalue weighted by molar-refractivity contribution is 7.80. The van der Waals surface area contributed by atoms with E-state index in [1.54, 1.807) is 0 Å². The summed E-state index contributed by atoms with van der Waals surface area (Å²) in [7, 11) is 0. The third kappa shape index (κ3) is 2.83. The topological polar surface area (TPSA) is 50.1 Å². The molecule has 4 N–H and O–H groups in total. The van der Waals surface area contributed by atoms with Gasteiger partial charge in [-0.25, -0.2) is 8.78 Å². The smallest absolute Gasteiger partial charge is 0.182 e. The first-order valence-electron chi connectivity index (χ1n) is 3.36. The molecule has 0 aromatic heterocycles. The minimum absolute atomic E-state index is 0.0183. The van der Waals surface area contributed by atoms with Crippen LogP contribution in [0.5, 0.6) is 0 Å². The minimum Gasteiger partial charge on any atom is -0.375 e. The molecular formula is C7H7F2N3S. The van der Waals surface area contributed by atoms with Crippen LogP contribution in [0.4, 0.5) is 14.5 Å². The zero-order valence-electron chi connectivity index (χ0n) is 6.47. The van der Waals surface area contributed by atoms with Crippen LogP contribution >= 0.6 is 12.2 Å². The lowest BCUT2D eigenvalue weighted by atomic mass is 10.3. The third-order valence-corrected chi connectivity index (χ3v) is 1.35. The lowest BCUT2D eigenvalue weighted by molar-refractivity contribution is 0.509. The van der Waals surface area contributed by atoms with Crippen molar-refractivity contribution < 1.29 is 8.78 Å². The van der Waals surface area contributed by atoms with E-state index in [0.29, 0.717) is 5.69 Å². The Labute approximate surface area is 78.9 Å². The largest absolute Gasteiger partial charge is 0.375 e. The normalized spacial score (nSPS) is 9.38. The zero-order valence-corrected chi connectivity index (χ0v) is 7.29. The molecule has 0 bridgehead atoms. The fourth-order valence-electron chi connectivity index (χ4n) is 0.708. The SMILES string of the molecule is NC(=S)NNc1ccc(F)c(F)c1. The number of hydrogen-bond acceptors (Lipinski definition) is 2. The Bertz CT molecular complexity index is 330. The summed E-state index contributed by atoms with van der Waals surface area (Å²) in [5.74, 6) is -1.84. The average molecular weight is 203 g/mol. The van der Waals surface area contributed by atoms with Crippen LogP contribution in [0.25, 0.3) is 0 Å². The van der Waals surface area contributed by atoms with E-state index in [0.717, 1.165) is 12.1 Å². The number of nitrogens with two attached hydrogens (primary N) is 1. The van der Waals surface area contributed by atoms with Crippen LogP contribution in [0.3, 0.4) is 0 Å². The van der Waals surface area contributed by atoms with Crippen LogP contribution in [-0.2, 0) is 0 Å². The van der Waals surface area contributed by atoms with E-state index in [1.807, 2.05) is 0 Å². The molecule has 0 aliphatic carbocycles. The molecule has 0 saturated carbocycles. The van der Waals surface area contributed by atoms with Crippen LogP contribution in [-0.4, -0.2) is 5.11 Å². The van der Waals surface area contributed by atoms with Crippen molar-refractivity contribution >= 4 is 23.0 Å². The molecule has 0 amide bonds. The fourth-order valence-corrected chi connectivity index (χ4v) is 0.759. The monoisotopic (exact) mass is 203 g/mol. The molecule has 0 aliphatic rings. The molecule has 0 heterocycles. The summed E-state index contributed by atoms with van der Waals surface area (Å²) < 4.78 is 25.0. The first-order valence-corrected chi connectivity index (χ1v) is 3.77. The van der Waals surface area contributed by atoms with Crippen molar-refractivity contribution in [3.63, 3.8) is 0 Å². The molecule has 6 heteroatoms. The van der Waals surface area contributed by atoms with E-state index >= 15 is 0 Å². The maximum atomic E-state index is 12.6. The number of nitrogens with one attached hydrogen (secondary N) is 2. The standard InChI is InChI=1S/C7H7F2N3S/c8-5-2-1-4(3-6(5)9)11-12-7(10)13/h1-3,11H,(H3,10,12,13). The Balaban J connectivity index is 2.68. The van der Waals surface area contributed by atoms with Crippen molar-refractivity contribution in [3.8, 4) is 0 Å². The van der Waals surface area contributed by atoms with Crippen LogP contribution < -0.4 is 16.6 Å². The fraction of sp³-hybridized carbons (Fsp3) is 0. The predicted octanol–water partition coefficient (Wildman–Crippen LogP) is 1.12. The van der Waals surface area contributed by atoms with Crippen LogP contribution in [0.2, 0.25) is 0 Å². The lowest BCUT2D eigenvalue weighted by Gasteiger charge is -2.07. The van der Waals surface area contributed by atoms with Crippen molar-refractivity contribution in [2.45, 2.75) is 0 Å². The molecule has 0 atom stereocenters. The van der Waals surface area contributed by atoms with E-state index in [-0.39, 0.29) is 5.11 Å². The molecule has 1 aromatic carbocycles. The molecule has 0 saturated heterocycles. The van der Waals surface area contributed by atoms with Crippen molar-refractivity contribution in [1.29, 1.82) is 0 Å². The van der Waals surface area contributed by atoms with E-state index < -0.39 is 11.6 Å². The maximum absolute atomic E-state index is 12.6. The Hall–Kier alpha value is -1.43. The molecule has 0 aliphatic heterocycles. The number of thiocarbonyl (C=S) groups is 1. The third-order valence-electron chi connectivity index (χ3n) is 1.25. The molecule has 13 heavy (non-hydrogen) atoms. The second-order valence-electron chi connectivity index (χ2n) is 2.24. The Morgan fingerprint density at radius 3 is 2.54 bits per heavy atom. The summed E-state index contributed by atoms with van der Waals surface area (Å²) >= 11 is 4.49. The second-order valence-corrected chi connectivity index (χ2v) is 2.68. The van der Waals surface area contributed by atoms with E-state index in [4.69, 9.17) is 5.73 Å². The van der Waals surface area contributed by atoms with Crippen molar-refractivity contribution in [2.75, 3.05) is 5.43 Å². The molecule has 0 unspecified atom stereocenters. The number of halogens is 2. The maximum Gasteiger partial charge on any atom is 0.182 e. The number of rotatable bonds is 2. The van der Waals surface area contributed by atoms with Gasteiger partial charge in [0, 0.05) is 6.07 Å². The molecule has 0 radical (unpaired) electrons. The van der Waals surface area contributed by atoms with Gasteiger partial charge in [0.1, 0.15) is 0 Å². The quantitative estimate of drug-likeness (QED) is 0.498. The van der Waals surface area contributed by atoms with Gasteiger partial charge in [0.25, 0.3) is 0 Å². The lowest BCUT2D eigenvalue weighted by Crippen LogP contribution is -2.33. The summed E-state index contributed by atoms with van der Waals surface area (Å²) in [6.07, 6.45) is 0. The van der Waals surface area contributed by atoms with Crippen LogP contribution in [0, 0.1) is 11.6 Å².